The van der Waals surface area contributed by atoms with Gasteiger partial charge in [0.15, 0.2) is 0 Å². The number of aromatic nitrogens is 2. The predicted octanol–water partition coefficient (Wildman–Crippen LogP) is 3.16. The molecule has 136 valence electrons. The van der Waals surface area contributed by atoms with Crippen LogP contribution in [0.3, 0.4) is 0 Å². The third-order valence-corrected chi connectivity index (χ3v) is 5.01. The number of nitrogens with two attached hydrogens (primary N) is 1. The van der Waals surface area contributed by atoms with E-state index in [1.54, 1.807) is 4.90 Å². The van der Waals surface area contributed by atoms with Gasteiger partial charge < -0.3 is 10.6 Å². The summed E-state index contributed by atoms with van der Waals surface area (Å²) in [5.41, 5.74) is 8.01. The molecule has 6 heteroatoms. The van der Waals surface area contributed by atoms with Crippen molar-refractivity contribution >= 4 is 18.3 Å². The van der Waals surface area contributed by atoms with E-state index in [1.807, 2.05) is 61.4 Å². The molecule has 3 rings (SSSR count). The number of halogens is 1. The van der Waals surface area contributed by atoms with Gasteiger partial charge in [-0.25, -0.2) is 4.68 Å². The second kappa shape index (κ2) is 8.02. The van der Waals surface area contributed by atoms with Crippen LogP contribution in [-0.2, 0) is 11.3 Å². The summed E-state index contributed by atoms with van der Waals surface area (Å²) in [6.07, 6.45) is 7.80. The molecule has 0 radical (unpaired) electrons. The molecule has 25 heavy (non-hydrogen) atoms. The van der Waals surface area contributed by atoms with Crippen molar-refractivity contribution in [3.05, 3.63) is 48.3 Å². The highest BCUT2D eigenvalue weighted by Gasteiger charge is 2.39. The number of hydrogen-bond donors (Lipinski definition) is 1. The summed E-state index contributed by atoms with van der Waals surface area (Å²) in [5, 5.41) is 4.39. The maximum Gasteiger partial charge on any atom is 0.227 e. The van der Waals surface area contributed by atoms with Gasteiger partial charge in [0.2, 0.25) is 5.91 Å². The second-order valence-corrected chi connectivity index (χ2v) is 7.13. The van der Waals surface area contributed by atoms with Gasteiger partial charge >= 0.3 is 0 Å². The number of rotatable bonds is 4. The molecule has 1 amide bonds. The van der Waals surface area contributed by atoms with Gasteiger partial charge in [0.05, 0.1) is 17.8 Å². The van der Waals surface area contributed by atoms with E-state index >= 15 is 0 Å². The van der Waals surface area contributed by atoms with Crippen LogP contribution in [0.4, 0.5) is 0 Å². The Morgan fingerprint density at radius 3 is 2.76 bits per heavy atom. The maximum absolute atomic E-state index is 12.8. The number of amides is 1. The van der Waals surface area contributed by atoms with Gasteiger partial charge in [-0.3, -0.25) is 4.79 Å². The topological polar surface area (TPSA) is 64.2 Å². The van der Waals surface area contributed by atoms with Crippen LogP contribution in [-0.4, -0.2) is 33.2 Å². The van der Waals surface area contributed by atoms with Crippen LogP contribution in [0.25, 0.3) is 5.69 Å². The fourth-order valence-electron chi connectivity index (χ4n) is 3.55. The molecule has 2 aromatic rings. The van der Waals surface area contributed by atoms with E-state index in [0.29, 0.717) is 6.54 Å². The van der Waals surface area contributed by atoms with Gasteiger partial charge in [0, 0.05) is 30.9 Å². The SMILES string of the molecule is CN(Cc1cnn(-c2ccccc2)c1)C(=O)C1CCCCC1(C)N.Cl. The molecule has 1 aromatic heterocycles. The molecule has 1 aromatic carbocycles. The van der Waals surface area contributed by atoms with Gasteiger partial charge in [0.1, 0.15) is 0 Å². The number of para-hydroxylation sites is 1. The summed E-state index contributed by atoms with van der Waals surface area (Å²) in [6, 6.07) is 9.96. The van der Waals surface area contributed by atoms with Crippen molar-refractivity contribution in [2.75, 3.05) is 7.05 Å². The highest BCUT2D eigenvalue weighted by molar-refractivity contribution is 5.85. The van der Waals surface area contributed by atoms with E-state index < -0.39 is 5.54 Å². The van der Waals surface area contributed by atoms with Crippen molar-refractivity contribution in [3.8, 4) is 5.69 Å². The Kier molecular flexibility index (Phi) is 6.25. The third kappa shape index (κ3) is 4.41. The van der Waals surface area contributed by atoms with Crippen LogP contribution < -0.4 is 5.73 Å². The Labute approximate surface area is 155 Å². The summed E-state index contributed by atoms with van der Waals surface area (Å²) >= 11 is 0. The van der Waals surface area contributed by atoms with E-state index in [1.165, 1.54) is 0 Å². The van der Waals surface area contributed by atoms with Crippen LogP contribution in [0.15, 0.2) is 42.7 Å². The van der Waals surface area contributed by atoms with Crippen LogP contribution in [0, 0.1) is 5.92 Å². The van der Waals surface area contributed by atoms with Gasteiger partial charge in [0.25, 0.3) is 0 Å². The van der Waals surface area contributed by atoms with Crippen molar-refractivity contribution in [3.63, 3.8) is 0 Å². The van der Waals surface area contributed by atoms with Crippen LogP contribution >= 0.6 is 12.4 Å². The zero-order valence-electron chi connectivity index (χ0n) is 14.9. The Morgan fingerprint density at radius 1 is 1.36 bits per heavy atom. The molecule has 0 aliphatic heterocycles. The highest BCUT2D eigenvalue weighted by atomic mass is 35.5. The lowest BCUT2D eigenvalue weighted by atomic mass is 9.74. The predicted molar refractivity (Wildman–Crippen MR) is 102 cm³/mol. The van der Waals surface area contributed by atoms with Crippen molar-refractivity contribution in [2.45, 2.75) is 44.7 Å². The number of nitrogens with zero attached hydrogens (tertiary/aromatic N) is 3. The summed E-state index contributed by atoms with van der Waals surface area (Å²) in [5.74, 6) is 0.0626. The molecule has 0 spiro atoms. The lowest BCUT2D eigenvalue weighted by Gasteiger charge is -2.39. The van der Waals surface area contributed by atoms with Gasteiger partial charge in [-0.15, -0.1) is 12.4 Å². The second-order valence-electron chi connectivity index (χ2n) is 7.13. The lowest BCUT2D eigenvalue weighted by Crippen LogP contribution is -2.52. The number of hydrogen-bond acceptors (Lipinski definition) is 3. The summed E-state index contributed by atoms with van der Waals surface area (Å²) in [7, 11) is 1.85. The number of carbonyl (C=O) groups is 1. The zero-order chi connectivity index (χ0) is 17.2. The van der Waals surface area contributed by atoms with Crippen molar-refractivity contribution in [1.82, 2.24) is 14.7 Å². The molecule has 0 bridgehead atoms. The molecule has 1 aliphatic rings. The summed E-state index contributed by atoms with van der Waals surface area (Å²) in [6.45, 7) is 2.56. The first-order valence-electron chi connectivity index (χ1n) is 8.60. The molecule has 2 atom stereocenters. The smallest absolute Gasteiger partial charge is 0.227 e. The van der Waals surface area contributed by atoms with Crippen LogP contribution in [0.2, 0.25) is 0 Å². The fourth-order valence-corrected chi connectivity index (χ4v) is 3.55. The monoisotopic (exact) mass is 362 g/mol. The molecule has 2 unspecified atom stereocenters. The quantitative estimate of drug-likeness (QED) is 0.908. The number of carbonyl (C=O) groups excluding carboxylic acids is 1. The molecular weight excluding hydrogens is 336 g/mol. The van der Waals surface area contributed by atoms with E-state index in [2.05, 4.69) is 5.10 Å². The summed E-state index contributed by atoms with van der Waals surface area (Å²) in [4.78, 5) is 14.6. The molecule has 1 aliphatic carbocycles. The third-order valence-electron chi connectivity index (χ3n) is 5.01. The summed E-state index contributed by atoms with van der Waals surface area (Å²) < 4.78 is 1.83. The molecule has 1 heterocycles. The lowest BCUT2D eigenvalue weighted by molar-refractivity contribution is -0.138. The van der Waals surface area contributed by atoms with Crippen molar-refractivity contribution in [2.24, 2.45) is 11.7 Å². The van der Waals surface area contributed by atoms with Crippen molar-refractivity contribution < 1.29 is 4.79 Å². The maximum atomic E-state index is 12.8. The molecule has 1 fully saturated rings. The average molecular weight is 363 g/mol. The van der Waals surface area contributed by atoms with Gasteiger partial charge in [-0.05, 0) is 31.9 Å². The highest BCUT2D eigenvalue weighted by Crippen LogP contribution is 2.33. The minimum atomic E-state index is -0.391. The molecule has 1 saturated carbocycles. The molecule has 0 saturated heterocycles. The Hall–Kier alpha value is -1.85. The average Bonchev–Trinajstić information content (AvgIpc) is 3.03. The minimum absolute atomic E-state index is 0. The molecule has 5 nitrogen and oxygen atoms in total. The first kappa shape index (κ1) is 19.5. The van der Waals surface area contributed by atoms with E-state index in [0.717, 1.165) is 36.9 Å². The Morgan fingerprint density at radius 2 is 2.08 bits per heavy atom. The van der Waals surface area contributed by atoms with E-state index in [4.69, 9.17) is 5.73 Å². The molecule has 2 N–H and O–H groups in total. The van der Waals surface area contributed by atoms with Crippen LogP contribution in [0.5, 0.6) is 0 Å². The fraction of sp³-hybridized carbons (Fsp3) is 0.474. The van der Waals surface area contributed by atoms with E-state index in [-0.39, 0.29) is 24.2 Å². The Balaban J connectivity index is 0.00000225. The van der Waals surface area contributed by atoms with Gasteiger partial charge in [-0.2, -0.15) is 5.10 Å². The largest absolute Gasteiger partial charge is 0.341 e. The molecular formula is C19H27ClN4O. The normalized spacial score (nSPS) is 22.9. The van der Waals surface area contributed by atoms with Gasteiger partial charge in [-0.1, -0.05) is 31.0 Å². The van der Waals surface area contributed by atoms with Crippen LogP contribution in [0.1, 0.15) is 38.2 Å². The van der Waals surface area contributed by atoms with E-state index in [9.17, 15) is 4.79 Å². The first-order valence-corrected chi connectivity index (χ1v) is 8.60. The first-order chi connectivity index (χ1) is 11.5. The Bertz CT molecular complexity index is 698. The standard InChI is InChI=1S/C19H26N4O.ClH/c1-19(20)11-7-6-10-17(19)18(24)22(2)13-15-12-21-23(14-15)16-8-4-3-5-9-16;/h3-5,8-9,12,14,17H,6-7,10-11,13,20H2,1-2H3;1H. The van der Waals surface area contributed by atoms with Crippen molar-refractivity contribution in [1.29, 1.82) is 0 Å². The number of benzene rings is 1. The zero-order valence-corrected chi connectivity index (χ0v) is 15.7. The minimum Gasteiger partial charge on any atom is -0.341 e.